The number of carboxylic acids is 1. The van der Waals surface area contributed by atoms with E-state index in [2.05, 4.69) is 4.72 Å². The third kappa shape index (κ3) is 3.03. The Morgan fingerprint density at radius 1 is 1.32 bits per heavy atom. The summed E-state index contributed by atoms with van der Waals surface area (Å²) >= 11 is 7.07. The van der Waals surface area contributed by atoms with Crippen molar-refractivity contribution in [2.75, 3.05) is 0 Å². The summed E-state index contributed by atoms with van der Waals surface area (Å²) in [7, 11) is -3.70. The summed E-state index contributed by atoms with van der Waals surface area (Å²) in [5.41, 5.74) is -0.380. The van der Waals surface area contributed by atoms with Gasteiger partial charge >= 0.3 is 5.97 Å². The number of benzene rings is 1. The normalized spacial score (nSPS) is 23.1. The molecule has 5 nitrogen and oxygen atoms in total. The largest absolute Gasteiger partial charge is 0.480 e. The van der Waals surface area contributed by atoms with Gasteiger partial charge in [-0.1, -0.05) is 29.8 Å². The van der Waals surface area contributed by atoms with Gasteiger partial charge in [-0.25, -0.2) is 8.42 Å². The molecule has 0 bridgehead atoms. The van der Waals surface area contributed by atoms with Crippen molar-refractivity contribution in [3.05, 3.63) is 40.9 Å². The number of hydrogen-bond acceptors (Lipinski definition) is 4. The maximum absolute atomic E-state index is 12.4. The number of sulfonamides is 1. The zero-order valence-electron chi connectivity index (χ0n) is 11.5. The van der Waals surface area contributed by atoms with E-state index in [0.29, 0.717) is 24.3 Å². The van der Waals surface area contributed by atoms with Crippen molar-refractivity contribution in [1.29, 1.82) is 0 Å². The van der Waals surface area contributed by atoms with Crippen LogP contribution in [0.3, 0.4) is 0 Å². The van der Waals surface area contributed by atoms with Gasteiger partial charge in [0, 0.05) is 9.93 Å². The fraction of sp³-hybridized carbons (Fsp3) is 0.357. The van der Waals surface area contributed by atoms with E-state index < -0.39 is 26.1 Å². The molecular weight excluding hydrogens is 346 g/mol. The van der Waals surface area contributed by atoms with E-state index in [0.717, 1.165) is 10.5 Å². The molecule has 118 valence electrons. The van der Waals surface area contributed by atoms with Crippen LogP contribution < -0.4 is 4.72 Å². The van der Waals surface area contributed by atoms with Crippen molar-refractivity contribution in [1.82, 2.24) is 4.72 Å². The fourth-order valence-corrected chi connectivity index (χ4v) is 5.60. The molecule has 2 aliphatic rings. The molecule has 3 rings (SSSR count). The Morgan fingerprint density at radius 2 is 1.95 bits per heavy atom. The number of rotatable bonds is 5. The molecule has 1 saturated carbocycles. The van der Waals surface area contributed by atoms with E-state index in [9.17, 15) is 13.2 Å². The molecular formula is C14H14ClNO4S2. The van der Waals surface area contributed by atoms with Crippen molar-refractivity contribution in [3.63, 3.8) is 0 Å². The molecule has 22 heavy (non-hydrogen) atoms. The zero-order chi connectivity index (χ0) is 16.0. The molecule has 1 aromatic rings. The predicted molar refractivity (Wildman–Crippen MR) is 87.1 cm³/mol. The monoisotopic (exact) mass is 359 g/mol. The number of carbonyl (C=O) groups is 1. The average molecular weight is 360 g/mol. The van der Waals surface area contributed by atoms with Gasteiger partial charge in [-0.3, -0.25) is 4.79 Å². The SMILES string of the molecule is O=C(O)C1(NS(=O)(=O)C2CC=C(c3ccc(Cl)cc3)S2)CC1. The first-order valence-corrected chi connectivity index (χ1v) is 9.52. The maximum Gasteiger partial charge on any atom is 0.324 e. The molecule has 1 fully saturated rings. The van der Waals surface area contributed by atoms with Crippen LogP contribution in [0, 0.1) is 0 Å². The molecule has 2 N–H and O–H groups in total. The number of hydrogen-bond donors (Lipinski definition) is 2. The van der Waals surface area contributed by atoms with Crippen LogP contribution in [0.2, 0.25) is 5.02 Å². The lowest BCUT2D eigenvalue weighted by Gasteiger charge is -2.17. The van der Waals surface area contributed by atoms with E-state index in [1.807, 2.05) is 18.2 Å². The van der Waals surface area contributed by atoms with Gasteiger partial charge < -0.3 is 5.11 Å². The smallest absolute Gasteiger partial charge is 0.324 e. The highest BCUT2D eigenvalue weighted by Crippen LogP contribution is 2.44. The fourth-order valence-electron chi connectivity index (χ4n) is 2.25. The van der Waals surface area contributed by atoms with E-state index >= 15 is 0 Å². The van der Waals surface area contributed by atoms with Crippen LogP contribution in [0.5, 0.6) is 0 Å². The Labute approximate surface area is 137 Å². The second-order valence-corrected chi connectivity index (χ2v) is 9.24. The van der Waals surface area contributed by atoms with Gasteiger partial charge in [0.2, 0.25) is 10.0 Å². The first-order chi connectivity index (χ1) is 10.3. The van der Waals surface area contributed by atoms with Gasteiger partial charge in [-0.15, -0.1) is 11.8 Å². The van der Waals surface area contributed by atoms with Gasteiger partial charge in [0.05, 0.1) is 0 Å². The number of nitrogens with one attached hydrogen (secondary N) is 1. The Hall–Kier alpha value is -1.02. The van der Waals surface area contributed by atoms with Gasteiger partial charge in [-0.2, -0.15) is 4.72 Å². The van der Waals surface area contributed by atoms with Crippen LogP contribution in [0.1, 0.15) is 24.8 Å². The van der Waals surface area contributed by atoms with Crippen molar-refractivity contribution >= 4 is 44.3 Å². The summed E-state index contributed by atoms with van der Waals surface area (Å²) in [5.74, 6) is -1.11. The maximum atomic E-state index is 12.4. The Kier molecular flexibility index (Phi) is 4.01. The molecule has 1 unspecified atom stereocenters. The summed E-state index contributed by atoms with van der Waals surface area (Å²) in [4.78, 5) is 12.0. The number of halogens is 1. The third-order valence-corrected chi connectivity index (χ3v) is 7.70. The standard InChI is InChI=1S/C14H14ClNO4S2/c15-10-3-1-9(2-4-10)11-5-6-12(21-11)22(19,20)16-14(7-8-14)13(17)18/h1-5,12,16H,6-8H2,(H,17,18). The molecule has 0 aromatic heterocycles. The molecule has 1 aliphatic heterocycles. The second kappa shape index (κ2) is 5.56. The van der Waals surface area contributed by atoms with Gasteiger partial charge in [0.25, 0.3) is 0 Å². The van der Waals surface area contributed by atoms with E-state index in [1.165, 1.54) is 11.8 Å². The van der Waals surface area contributed by atoms with Gasteiger partial charge in [-0.05, 0) is 37.0 Å². The van der Waals surface area contributed by atoms with E-state index in [4.69, 9.17) is 16.7 Å². The Morgan fingerprint density at radius 3 is 2.50 bits per heavy atom. The third-order valence-electron chi connectivity index (χ3n) is 3.73. The molecule has 1 aromatic carbocycles. The first kappa shape index (κ1) is 15.9. The lowest BCUT2D eigenvalue weighted by atomic mass is 10.2. The van der Waals surface area contributed by atoms with Crippen LogP contribution in [-0.4, -0.2) is 29.6 Å². The van der Waals surface area contributed by atoms with Crippen LogP contribution in [0.15, 0.2) is 30.3 Å². The quantitative estimate of drug-likeness (QED) is 0.844. The number of allylic oxidation sites excluding steroid dienone is 1. The van der Waals surface area contributed by atoms with Crippen LogP contribution in [0.25, 0.3) is 4.91 Å². The molecule has 8 heteroatoms. The van der Waals surface area contributed by atoms with E-state index in [1.54, 1.807) is 12.1 Å². The molecule has 1 heterocycles. The molecule has 1 aliphatic carbocycles. The highest BCUT2D eigenvalue weighted by atomic mass is 35.5. The van der Waals surface area contributed by atoms with Crippen molar-refractivity contribution in [2.45, 2.75) is 29.4 Å². The highest BCUT2D eigenvalue weighted by Gasteiger charge is 2.54. The number of carboxylic acid groups (broad SMARTS) is 1. The summed E-state index contributed by atoms with van der Waals surface area (Å²) < 4.78 is 26.4. The summed E-state index contributed by atoms with van der Waals surface area (Å²) in [6.45, 7) is 0. The lowest BCUT2D eigenvalue weighted by molar-refractivity contribution is -0.140. The molecule has 0 saturated heterocycles. The minimum Gasteiger partial charge on any atom is -0.480 e. The molecule has 0 amide bonds. The van der Waals surface area contributed by atoms with Crippen LogP contribution >= 0.6 is 23.4 Å². The minimum atomic E-state index is -3.70. The Balaban J connectivity index is 1.71. The van der Waals surface area contributed by atoms with E-state index in [-0.39, 0.29) is 0 Å². The summed E-state index contributed by atoms with van der Waals surface area (Å²) in [6.07, 6.45) is 2.90. The zero-order valence-corrected chi connectivity index (χ0v) is 13.8. The lowest BCUT2D eigenvalue weighted by Crippen LogP contribution is -2.45. The molecule has 1 atom stereocenters. The van der Waals surface area contributed by atoms with Crippen molar-refractivity contribution in [2.24, 2.45) is 0 Å². The van der Waals surface area contributed by atoms with Crippen LogP contribution in [-0.2, 0) is 14.8 Å². The predicted octanol–water partition coefficient (Wildman–Crippen LogP) is 2.68. The average Bonchev–Trinajstić information content (AvgIpc) is 3.05. The number of thioether (sulfide) groups is 1. The molecule has 0 radical (unpaired) electrons. The minimum absolute atomic E-state index is 0.344. The van der Waals surface area contributed by atoms with Crippen molar-refractivity contribution < 1.29 is 18.3 Å². The van der Waals surface area contributed by atoms with Crippen molar-refractivity contribution in [3.8, 4) is 0 Å². The van der Waals surface area contributed by atoms with Gasteiger partial charge in [0.15, 0.2) is 0 Å². The second-order valence-electron chi connectivity index (χ2n) is 5.39. The highest BCUT2D eigenvalue weighted by molar-refractivity contribution is 8.18. The summed E-state index contributed by atoms with van der Waals surface area (Å²) in [6, 6.07) is 7.18. The number of aliphatic carboxylic acids is 1. The summed E-state index contributed by atoms with van der Waals surface area (Å²) in [5, 5.41) is 9.73. The Bertz CT molecular complexity index is 739. The molecule has 0 spiro atoms. The first-order valence-electron chi connectivity index (χ1n) is 6.71. The topological polar surface area (TPSA) is 83.5 Å². The van der Waals surface area contributed by atoms with Crippen LogP contribution in [0.4, 0.5) is 0 Å². The van der Waals surface area contributed by atoms with Gasteiger partial charge in [0.1, 0.15) is 10.1 Å².